The van der Waals surface area contributed by atoms with E-state index in [4.69, 9.17) is 5.14 Å². The third-order valence-corrected chi connectivity index (χ3v) is 4.49. The lowest BCUT2D eigenvalue weighted by Crippen LogP contribution is -2.38. The highest BCUT2D eigenvalue weighted by molar-refractivity contribution is 14.0. The third kappa shape index (κ3) is 7.71. The Morgan fingerprint density at radius 3 is 2.23 bits per heavy atom. The van der Waals surface area contributed by atoms with E-state index in [1.807, 2.05) is 25.1 Å². The summed E-state index contributed by atoms with van der Waals surface area (Å²) in [6, 6.07) is 16.7. The molecule has 0 amide bonds. The number of halogens is 1. The first kappa shape index (κ1) is 22.4. The molecule has 26 heavy (non-hydrogen) atoms. The number of aliphatic imine (C=N–C) groups is 1. The highest BCUT2D eigenvalue weighted by Gasteiger charge is 2.06. The molecule has 8 heteroatoms. The number of hydrogen-bond acceptors (Lipinski definition) is 3. The zero-order valence-electron chi connectivity index (χ0n) is 14.7. The largest absolute Gasteiger partial charge is 0.357 e. The quantitative estimate of drug-likeness (QED) is 0.317. The van der Waals surface area contributed by atoms with Gasteiger partial charge in [-0.3, -0.25) is 0 Å². The first-order valence-electron chi connectivity index (χ1n) is 8.17. The standard InChI is InChI=1S/C18H24N4O2S.HI/c1-2-20-18(21-13-12-15-6-4-3-5-7-15)22-14-16-8-10-17(11-9-16)25(19,23)24;/h3-11H,2,12-14H2,1H3,(H2,19,23,24)(H2,20,21,22);1H. The molecule has 0 radical (unpaired) electrons. The topological polar surface area (TPSA) is 96.6 Å². The number of hydrogen-bond donors (Lipinski definition) is 3. The van der Waals surface area contributed by atoms with Gasteiger partial charge < -0.3 is 10.6 Å². The van der Waals surface area contributed by atoms with Crippen LogP contribution >= 0.6 is 24.0 Å². The molecule has 0 aliphatic rings. The van der Waals surface area contributed by atoms with Gasteiger partial charge in [0.2, 0.25) is 10.0 Å². The van der Waals surface area contributed by atoms with Gasteiger partial charge in [0.05, 0.1) is 11.4 Å². The summed E-state index contributed by atoms with van der Waals surface area (Å²) in [4.78, 5) is 4.63. The van der Waals surface area contributed by atoms with Gasteiger partial charge in [0.15, 0.2) is 5.96 Å². The van der Waals surface area contributed by atoms with Crippen molar-refractivity contribution in [3.05, 3.63) is 65.7 Å². The van der Waals surface area contributed by atoms with Crippen LogP contribution in [0.4, 0.5) is 0 Å². The van der Waals surface area contributed by atoms with E-state index in [0.29, 0.717) is 6.54 Å². The van der Waals surface area contributed by atoms with E-state index < -0.39 is 10.0 Å². The predicted octanol–water partition coefficient (Wildman–Crippen LogP) is 2.25. The first-order chi connectivity index (χ1) is 12.0. The van der Waals surface area contributed by atoms with Gasteiger partial charge in [0, 0.05) is 13.1 Å². The Hall–Kier alpha value is -1.65. The molecular formula is C18H25IN4O2S. The fourth-order valence-corrected chi connectivity index (χ4v) is 2.78. The van der Waals surface area contributed by atoms with Crippen molar-refractivity contribution >= 4 is 40.0 Å². The SMILES string of the molecule is CCNC(=NCc1ccc(S(N)(=O)=O)cc1)NCCc1ccccc1.I. The molecule has 0 aromatic heterocycles. The number of nitrogens with zero attached hydrogens (tertiary/aromatic N) is 1. The Kier molecular flexibility index (Phi) is 9.60. The van der Waals surface area contributed by atoms with Crippen LogP contribution in [0, 0.1) is 0 Å². The average Bonchev–Trinajstić information content (AvgIpc) is 2.60. The Morgan fingerprint density at radius 1 is 1.00 bits per heavy atom. The third-order valence-electron chi connectivity index (χ3n) is 3.56. The molecule has 0 spiro atoms. The van der Waals surface area contributed by atoms with Crippen LogP contribution in [0.15, 0.2) is 64.5 Å². The van der Waals surface area contributed by atoms with Crippen LogP contribution in [0.3, 0.4) is 0 Å². The summed E-state index contributed by atoms with van der Waals surface area (Å²) in [6.45, 7) is 4.00. The number of primary sulfonamides is 1. The maximum Gasteiger partial charge on any atom is 0.238 e. The van der Waals surface area contributed by atoms with E-state index >= 15 is 0 Å². The number of guanidine groups is 1. The smallest absolute Gasteiger partial charge is 0.238 e. The molecule has 0 unspecified atom stereocenters. The van der Waals surface area contributed by atoms with Gasteiger partial charge >= 0.3 is 0 Å². The second kappa shape index (κ2) is 11.1. The first-order valence-corrected chi connectivity index (χ1v) is 9.71. The Balaban J connectivity index is 0.00000338. The van der Waals surface area contributed by atoms with Gasteiger partial charge in [-0.15, -0.1) is 24.0 Å². The zero-order chi connectivity index (χ0) is 18.1. The lowest BCUT2D eigenvalue weighted by atomic mass is 10.1. The summed E-state index contributed by atoms with van der Waals surface area (Å²) >= 11 is 0. The second-order valence-corrected chi connectivity index (χ2v) is 7.11. The Labute approximate surface area is 172 Å². The lowest BCUT2D eigenvalue weighted by molar-refractivity contribution is 0.598. The monoisotopic (exact) mass is 488 g/mol. The summed E-state index contributed by atoms with van der Waals surface area (Å²) in [6.07, 6.45) is 0.911. The van der Waals surface area contributed by atoms with Crippen molar-refractivity contribution in [2.24, 2.45) is 10.1 Å². The lowest BCUT2D eigenvalue weighted by Gasteiger charge is -2.11. The summed E-state index contributed by atoms with van der Waals surface area (Å²) in [7, 11) is -3.66. The highest BCUT2D eigenvalue weighted by atomic mass is 127. The van der Waals surface area contributed by atoms with Gasteiger partial charge in [0.1, 0.15) is 0 Å². The molecule has 4 N–H and O–H groups in total. The van der Waals surface area contributed by atoms with Gasteiger partial charge in [-0.25, -0.2) is 18.5 Å². The number of nitrogens with one attached hydrogen (secondary N) is 2. The fraction of sp³-hybridized carbons (Fsp3) is 0.278. The second-order valence-electron chi connectivity index (χ2n) is 5.55. The zero-order valence-corrected chi connectivity index (χ0v) is 17.8. The summed E-state index contributed by atoms with van der Waals surface area (Å²) in [5.41, 5.74) is 2.18. The molecule has 0 aliphatic heterocycles. The maximum absolute atomic E-state index is 11.3. The maximum atomic E-state index is 11.3. The number of nitrogens with two attached hydrogens (primary N) is 1. The summed E-state index contributed by atoms with van der Waals surface area (Å²) < 4.78 is 22.5. The van der Waals surface area contributed by atoms with Crippen molar-refractivity contribution in [2.45, 2.75) is 24.8 Å². The van der Waals surface area contributed by atoms with Crippen molar-refractivity contribution in [1.82, 2.24) is 10.6 Å². The van der Waals surface area contributed by atoms with Gasteiger partial charge in [-0.05, 0) is 36.6 Å². The summed E-state index contributed by atoms with van der Waals surface area (Å²) in [5, 5.41) is 11.6. The molecule has 0 saturated carbocycles. The van der Waals surface area contributed by atoms with Gasteiger partial charge in [0.25, 0.3) is 0 Å². The average molecular weight is 488 g/mol. The fourth-order valence-electron chi connectivity index (χ4n) is 2.27. The van der Waals surface area contributed by atoms with E-state index in [0.717, 1.165) is 31.0 Å². The molecular weight excluding hydrogens is 463 g/mol. The molecule has 6 nitrogen and oxygen atoms in total. The van der Waals surface area contributed by atoms with Crippen molar-refractivity contribution in [2.75, 3.05) is 13.1 Å². The minimum Gasteiger partial charge on any atom is -0.357 e. The van der Waals surface area contributed by atoms with E-state index in [1.165, 1.54) is 17.7 Å². The van der Waals surface area contributed by atoms with E-state index in [9.17, 15) is 8.42 Å². The number of sulfonamides is 1. The van der Waals surface area contributed by atoms with Crippen LogP contribution in [0.2, 0.25) is 0 Å². The molecule has 142 valence electrons. The molecule has 0 atom stereocenters. The van der Waals surface area contributed by atoms with Crippen LogP contribution in [0.25, 0.3) is 0 Å². The van der Waals surface area contributed by atoms with E-state index in [-0.39, 0.29) is 28.9 Å². The van der Waals surface area contributed by atoms with Crippen LogP contribution in [-0.2, 0) is 23.0 Å². The number of rotatable bonds is 7. The predicted molar refractivity (Wildman–Crippen MR) is 116 cm³/mol. The van der Waals surface area contributed by atoms with Crippen LogP contribution in [0.5, 0.6) is 0 Å². The van der Waals surface area contributed by atoms with Crippen molar-refractivity contribution < 1.29 is 8.42 Å². The molecule has 0 saturated heterocycles. The molecule has 0 heterocycles. The molecule has 0 bridgehead atoms. The Bertz CT molecular complexity index is 794. The van der Waals surface area contributed by atoms with Gasteiger partial charge in [-0.2, -0.15) is 0 Å². The van der Waals surface area contributed by atoms with Crippen LogP contribution < -0.4 is 15.8 Å². The van der Waals surface area contributed by atoms with Crippen molar-refractivity contribution in [1.29, 1.82) is 0 Å². The van der Waals surface area contributed by atoms with Gasteiger partial charge in [-0.1, -0.05) is 42.5 Å². The van der Waals surface area contributed by atoms with E-state index in [1.54, 1.807) is 12.1 Å². The minimum absolute atomic E-state index is 0. The molecule has 2 aromatic rings. The van der Waals surface area contributed by atoms with Crippen molar-refractivity contribution in [3.63, 3.8) is 0 Å². The van der Waals surface area contributed by atoms with Crippen LogP contribution in [-0.4, -0.2) is 27.5 Å². The minimum atomic E-state index is -3.66. The normalized spacial score (nSPS) is 11.5. The molecule has 2 aromatic carbocycles. The van der Waals surface area contributed by atoms with Crippen LogP contribution in [0.1, 0.15) is 18.1 Å². The molecule has 0 aliphatic carbocycles. The van der Waals surface area contributed by atoms with E-state index in [2.05, 4.69) is 27.8 Å². The Morgan fingerprint density at radius 2 is 1.65 bits per heavy atom. The van der Waals surface area contributed by atoms with Crippen molar-refractivity contribution in [3.8, 4) is 0 Å². The molecule has 2 rings (SSSR count). The highest BCUT2D eigenvalue weighted by Crippen LogP contribution is 2.09. The number of benzene rings is 2. The molecule has 0 fully saturated rings. The summed E-state index contributed by atoms with van der Waals surface area (Å²) in [5.74, 6) is 0.731.